The van der Waals surface area contributed by atoms with E-state index in [2.05, 4.69) is 24.5 Å². The van der Waals surface area contributed by atoms with Crippen LogP contribution in [0, 0.1) is 11.8 Å². The molecule has 0 aromatic heterocycles. The Morgan fingerprint density at radius 3 is 2.62 bits per heavy atom. The Morgan fingerprint density at radius 1 is 1.33 bits per heavy atom. The normalized spacial score (nSPS) is 18.0. The predicted molar refractivity (Wildman–Crippen MR) is 98.2 cm³/mol. The third-order valence-electron chi connectivity index (χ3n) is 4.55. The second-order valence-electron chi connectivity index (χ2n) is 7.80. The lowest BCUT2D eigenvalue weighted by molar-refractivity contribution is -0.123. The summed E-state index contributed by atoms with van der Waals surface area (Å²) < 4.78 is 5.72. The van der Waals surface area contributed by atoms with Gasteiger partial charge in [-0.25, -0.2) is 0 Å². The quantitative estimate of drug-likeness (QED) is 0.766. The maximum Gasteiger partial charge on any atom is 0.220 e. The molecule has 0 bridgehead atoms. The fraction of sp³-hybridized carbons (Fsp3) is 0.650. The summed E-state index contributed by atoms with van der Waals surface area (Å²) in [5.41, 5.74) is 0.719. The average molecular weight is 332 g/mol. The van der Waals surface area contributed by atoms with E-state index in [1.165, 1.54) is 6.42 Å². The van der Waals surface area contributed by atoms with Crippen molar-refractivity contribution in [3.63, 3.8) is 0 Å². The maximum atomic E-state index is 12.3. The third kappa shape index (κ3) is 5.82. The van der Waals surface area contributed by atoms with Gasteiger partial charge in [-0.3, -0.25) is 4.79 Å². The summed E-state index contributed by atoms with van der Waals surface area (Å²) in [4.78, 5) is 12.3. The van der Waals surface area contributed by atoms with Gasteiger partial charge >= 0.3 is 0 Å². The largest absolute Gasteiger partial charge is 0.493 e. The van der Waals surface area contributed by atoms with Crippen molar-refractivity contribution < 1.29 is 9.53 Å². The zero-order valence-electron chi connectivity index (χ0n) is 15.5. The number of nitrogens with one attached hydrogen (secondary N) is 2. The van der Waals surface area contributed by atoms with Gasteiger partial charge in [0.1, 0.15) is 5.75 Å². The van der Waals surface area contributed by atoms with Crippen LogP contribution in [0.5, 0.6) is 5.75 Å². The minimum atomic E-state index is -0.373. The van der Waals surface area contributed by atoms with E-state index in [0.29, 0.717) is 18.3 Å². The Kier molecular flexibility index (Phi) is 6.67. The molecule has 0 saturated carbocycles. The van der Waals surface area contributed by atoms with Gasteiger partial charge in [-0.2, -0.15) is 0 Å². The molecule has 1 fully saturated rings. The van der Waals surface area contributed by atoms with Crippen molar-refractivity contribution in [3.8, 4) is 5.75 Å². The Labute approximate surface area is 146 Å². The van der Waals surface area contributed by atoms with Gasteiger partial charge in [0.15, 0.2) is 0 Å². The summed E-state index contributed by atoms with van der Waals surface area (Å²) in [6.45, 7) is 11.2. The fourth-order valence-electron chi connectivity index (χ4n) is 3.01. The Hall–Kier alpha value is -1.55. The van der Waals surface area contributed by atoms with Crippen molar-refractivity contribution in [2.45, 2.75) is 52.5 Å². The van der Waals surface area contributed by atoms with Crippen LogP contribution in [0.15, 0.2) is 24.3 Å². The smallest absolute Gasteiger partial charge is 0.220 e. The van der Waals surface area contributed by atoms with E-state index in [-0.39, 0.29) is 11.4 Å². The number of rotatable bonds is 8. The van der Waals surface area contributed by atoms with Gasteiger partial charge in [0, 0.05) is 6.42 Å². The molecule has 134 valence electrons. The lowest BCUT2D eigenvalue weighted by Crippen LogP contribution is -2.41. The van der Waals surface area contributed by atoms with Crippen molar-refractivity contribution in [1.82, 2.24) is 10.6 Å². The van der Waals surface area contributed by atoms with Gasteiger partial charge in [0.25, 0.3) is 0 Å². The van der Waals surface area contributed by atoms with E-state index < -0.39 is 0 Å². The molecular formula is C20H32N2O2. The van der Waals surface area contributed by atoms with Crippen LogP contribution in [0.3, 0.4) is 0 Å². The number of ether oxygens (including phenoxy) is 1. The summed E-state index contributed by atoms with van der Waals surface area (Å²) in [6.07, 6.45) is 2.76. The van der Waals surface area contributed by atoms with Gasteiger partial charge in [-0.1, -0.05) is 26.0 Å². The lowest BCUT2D eigenvalue weighted by atomic mass is 9.93. The highest BCUT2D eigenvalue weighted by atomic mass is 16.5. The van der Waals surface area contributed by atoms with Gasteiger partial charge in [0.2, 0.25) is 5.91 Å². The molecule has 1 unspecified atom stereocenters. The van der Waals surface area contributed by atoms with Crippen molar-refractivity contribution in [1.29, 1.82) is 0 Å². The van der Waals surface area contributed by atoms with Crippen LogP contribution in [0.4, 0.5) is 0 Å². The van der Waals surface area contributed by atoms with Gasteiger partial charge in [0.05, 0.1) is 12.1 Å². The molecule has 1 aromatic carbocycles. The highest BCUT2D eigenvalue weighted by Gasteiger charge is 2.23. The molecule has 1 aliphatic heterocycles. The van der Waals surface area contributed by atoms with Crippen LogP contribution < -0.4 is 15.4 Å². The van der Waals surface area contributed by atoms with Gasteiger partial charge in [-0.05, 0) is 69.3 Å². The molecule has 24 heavy (non-hydrogen) atoms. The number of amides is 1. The van der Waals surface area contributed by atoms with E-state index in [9.17, 15) is 4.79 Å². The van der Waals surface area contributed by atoms with Gasteiger partial charge in [-0.15, -0.1) is 0 Å². The monoisotopic (exact) mass is 332 g/mol. The van der Waals surface area contributed by atoms with E-state index in [4.69, 9.17) is 4.74 Å². The third-order valence-corrected chi connectivity index (χ3v) is 4.55. The second kappa shape index (κ2) is 8.52. The zero-order valence-corrected chi connectivity index (χ0v) is 15.5. The molecule has 1 aromatic rings. The highest BCUT2D eigenvalue weighted by molar-refractivity contribution is 5.77. The van der Waals surface area contributed by atoms with E-state index in [0.717, 1.165) is 37.4 Å². The minimum Gasteiger partial charge on any atom is -0.493 e. The Bertz CT molecular complexity index is 517. The number of carbonyl (C=O) groups is 1. The summed E-state index contributed by atoms with van der Waals surface area (Å²) in [5, 5.41) is 6.52. The molecule has 0 radical (unpaired) electrons. The molecule has 2 rings (SSSR count). The Balaban J connectivity index is 1.85. The van der Waals surface area contributed by atoms with E-state index in [1.807, 2.05) is 38.1 Å². The van der Waals surface area contributed by atoms with Crippen LogP contribution in [0.2, 0.25) is 0 Å². The van der Waals surface area contributed by atoms with Crippen LogP contribution >= 0.6 is 0 Å². The molecule has 1 heterocycles. The zero-order chi connectivity index (χ0) is 17.6. The van der Waals surface area contributed by atoms with Crippen LogP contribution in [-0.2, 0) is 10.3 Å². The van der Waals surface area contributed by atoms with E-state index >= 15 is 0 Å². The maximum absolute atomic E-state index is 12.3. The lowest BCUT2D eigenvalue weighted by Gasteiger charge is -2.27. The standard InChI is InChI=1S/C20H32N2O2/c1-15(2)14-24-18-8-6-17(7-9-18)20(3,4)22-19(23)10-5-16-11-12-21-13-16/h6-9,15-16,21H,5,10-14H2,1-4H3,(H,22,23). The topological polar surface area (TPSA) is 50.4 Å². The SMILES string of the molecule is CC(C)COc1ccc(C(C)(C)NC(=O)CCC2CCNC2)cc1. The molecule has 1 aliphatic rings. The molecule has 4 nitrogen and oxygen atoms in total. The predicted octanol–water partition coefficient (Wildman–Crippen LogP) is 3.46. The first-order valence-electron chi connectivity index (χ1n) is 9.12. The van der Waals surface area contributed by atoms with E-state index in [1.54, 1.807) is 0 Å². The molecule has 2 N–H and O–H groups in total. The first kappa shape index (κ1) is 18.8. The molecule has 4 heteroatoms. The summed E-state index contributed by atoms with van der Waals surface area (Å²) >= 11 is 0. The van der Waals surface area contributed by atoms with Crippen molar-refractivity contribution in [3.05, 3.63) is 29.8 Å². The van der Waals surface area contributed by atoms with Crippen LogP contribution in [0.1, 0.15) is 52.5 Å². The molecule has 0 aliphatic carbocycles. The van der Waals surface area contributed by atoms with Crippen molar-refractivity contribution >= 4 is 5.91 Å². The van der Waals surface area contributed by atoms with Crippen LogP contribution in [0.25, 0.3) is 0 Å². The summed E-state index contributed by atoms with van der Waals surface area (Å²) in [7, 11) is 0. The molecule has 1 amide bonds. The molecule has 1 saturated heterocycles. The molecular weight excluding hydrogens is 300 g/mol. The number of hydrogen-bond donors (Lipinski definition) is 2. The van der Waals surface area contributed by atoms with Crippen LogP contribution in [-0.4, -0.2) is 25.6 Å². The molecule has 0 spiro atoms. The molecule has 1 atom stereocenters. The van der Waals surface area contributed by atoms with Crippen molar-refractivity contribution in [2.75, 3.05) is 19.7 Å². The number of carbonyl (C=O) groups excluding carboxylic acids is 1. The summed E-state index contributed by atoms with van der Waals surface area (Å²) in [5.74, 6) is 2.17. The number of benzene rings is 1. The first-order valence-corrected chi connectivity index (χ1v) is 9.12. The number of hydrogen-bond acceptors (Lipinski definition) is 3. The highest BCUT2D eigenvalue weighted by Crippen LogP contribution is 2.24. The minimum absolute atomic E-state index is 0.132. The second-order valence-corrected chi connectivity index (χ2v) is 7.80. The van der Waals surface area contributed by atoms with Crippen molar-refractivity contribution in [2.24, 2.45) is 11.8 Å². The Morgan fingerprint density at radius 2 is 2.04 bits per heavy atom. The fourth-order valence-corrected chi connectivity index (χ4v) is 3.01. The average Bonchev–Trinajstić information content (AvgIpc) is 3.04. The summed E-state index contributed by atoms with van der Waals surface area (Å²) in [6, 6.07) is 8.04. The first-order chi connectivity index (χ1) is 11.4. The van der Waals surface area contributed by atoms with Gasteiger partial charge < -0.3 is 15.4 Å².